The molecule has 0 bridgehead atoms. The average Bonchev–Trinajstić information content (AvgIpc) is 2.40. The Balaban J connectivity index is 2.52. The number of hydrogen-bond donors (Lipinski definition) is 1. The number of hydrogen-bond acceptors (Lipinski definition) is 3. The van der Waals surface area contributed by atoms with Crippen molar-refractivity contribution in [3.8, 4) is 0 Å². The Labute approximate surface area is 85.4 Å². The summed E-state index contributed by atoms with van der Waals surface area (Å²) >= 11 is 0. The third-order valence-corrected chi connectivity index (χ3v) is 2.52. The number of ether oxygens (including phenoxy) is 1. The average molecular weight is 200 g/mol. The van der Waals surface area contributed by atoms with Gasteiger partial charge in [0.15, 0.2) is 0 Å². The van der Waals surface area contributed by atoms with Gasteiger partial charge in [-0.2, -0.15) is 0 Å². The summed E-state index contributed by atoms with van der Waals surface area (Å²) in [5.41, 5.74) is 5.71. The molecule has 0 spiro atoms. The van der Waals surface area contributed by atoms with Crippen molar-refractivity contribution in [2.45, 2.75) is 38.8 Å². The summed E-state index contributed by atoms with van der Waals surface area (Å²) in [7, 11) is 0. The van der Waals surface area contributed by atoms with Crippen LogP contribution in [0.2, 0.25) is 0 Å². The van der Waals surface area contributed by atoms with E-state index in [4.69, 9.17) is 10.5 Å². The zero-order valence-corrected chi connectivity index (χ0v) is 9.03. The fraction of sp³-hybridized carbons (Fsp3) is 0.900. The van der Waals surface area contributed by atoms with Crippen LogP contribution < -0.4 is 5.73 Å². The van der Waals surface area contributed by atoms with E-state index < -0.39 is 0 Å². The molecule has 0 aliphatic carbocycles. The third-order valence-electron chi connectivity index (χ3n) is 2.52. The summed E-state index contributed by atoms with van der Waals surface area (Å²) in [4.78, 5) is 13.6. The predicted molar refractivity (Wildman–Crippen MR) is 54.9 cm³/mol. The second-order valence-electron chi connectivity index (χ2n) is 3.83. The van der Waals surface area contributed by atoms with E-state index in [0.717, 1.165) is 19.6 Å². The molecule has 14 heavy (non-hydrogen) atoms. The van der Waals surface area contributed by atoms with Gasteiger partial charge in [0, 0.05) is 19.7 Å². The number of carbonyl (C=O) groups excluding carboxylic acids is 1. The summed E-state index contributed by atoms with van der Waals surface area (Å²) in [6.07, 6.45) is 1.74. The summed E-state index contributed by atoms with van der Waals surface area (Å²) < 4.78 is 5.46. The van der Waals surface area contributed by atoms with Gasteiger partial charge in [-0.1, -0.05) is 6.92 Å². The lowest BCUT2D eigenvalue weighted by atomic mass is 10.2. The molecule has 1 fully saturated rings. The first-order valence-electron chi connectivity index (χ1n) is 5.31. The van der Waals surface area contributed by atoms with Crippen LogP contribution in [0.3, 0.4) is 0 Å². The molecular weight excluding hydrogens is 180 g/mol. The Kier molecular flexibility index (Phi) is 4.35. The van der Waals surface area contributed by atoms with E-state index in [1.165, 1.54) is 0 Å². The van der Waals surface area contributed by atoms with Crippen molar-refractivity contribution in [1.29, 1.82) is 0 Å². The number of nitrogens with zero attached hydrogens (tertiary/aromatic N) is 1. The molecular formula is C10H20N2O2. The van der Waals surface area contributed by atoms with Gasteiger partial charge in [-0.3, -0.25) is 4.79 Å². The smallest absolute Gasteiger partial charge is 0.239 e. The molecule has 82 valence electrons. The summed E-state index contributed by atoms with van der Waals surface area (Å²) in [6, 6.07) is -0.347. The number of nitrogens with two attached hydrogens (primary N) is 1. The Morgan fingerprint density at radius 1 is 1.71 bits per heavy atom. The van der Waals surface area contributed by atoms with E-state index in [0.29, 0.717) is 13.0 Å². The van der Waals surface area contributed by atoms with Crippen molar-refractivity contribution in [2.75, 3.05) is 19.7 Å². The van der Waals surface area contributed by atoms with E-state index in [-0.39, 0.29) is 18.1 Å². The fourth-order valence-electron chi connectivity index (χ4n) is 1.60. The summed E-state index contributed by atoms with van der Waals surface area (Å²) in [5, 5.41) is 0. The molecule has 1 unspecified atom stereocenters. The molecule has 1 saturated heterocycles. The maximum atomic E-state index is 11.8. The van der Waals surface area contributed by atoms with Crippen molar-refractivity contribution >= 4 is 5.91 Å². The largest absolute Gasteiger partial charge is 0.377 e. The lowest BCUT2D eigenvalue weighted by Gasteiger charge is -2.24. The standard InChI is InChI=1S/C10H20N2O2/c1-3-9(11)10(13)12-5-4-6-14-8(2)7-12/h8-9H,3-7,11H2,1-2H3/t8?,9-/m1/s1. The number of rotatable bonds is 2. The molecule has 1 rings (SSSR count). The highest BCUT2D eigenvalue weighted by Crippen LogP contribution is 2.07. The molecule has 0 aromatic heterocycles. The molecule has 1 amide bonds. The van der Waals surface area contributed by atoms with Crippen molar-refractivity contribution in [1.82, 2.24) is 4.90 Å². The molecule has 1 aliphatic heterocycles. The molecule has 0 aromatic rings. The molecule has 0 radical (unpaired) electrons. The highest BCUT2D eigenvalue weighted by molar-refractivity contribution is 5.81. The summed E-state index contributed by atoms with van der Waals surface area (Å²) in [6.45, 7) is 6.11. The van der Waals surface area contributed by atoms with E-state index in [1.54, 1.807) is 0 Å². The van der Waals surface area contributed by atoms with Crippen LogP contribution >= 0.6 is 0 Å². The van der Waals surface area contributed by atoms with Crippen LogP contribution in [0, 0.1) is 0 Å². The third kappa shape index (κ3) is 2.96. The van der Waals surface area contributed by atoms with Crippen molar-refractivity contribution in [2.24, 2.45) is 5.73 Å². The van der Waals surface area contributed by atoms with Gasteiger partial charge >= 0.3 is 0 Å². The Bertz CT molecular complexity index is 197. The van der Waals surface area contributed by atoms with E-state index in [9.17, 15) is 4.79 Å². The highest BCUT2D eigenvalue weighted by atomic mass is 16.5. The number of carbonyl (C=O) groups is 1. The van der Waals surface area contributed by atoms with Gasteiger partial charge in [-0.05, 0) is 19.8 Å². The van der Waals surface area contributed by atoms with E-state index in [2.05, 4.69) is 0 Å². The van der Waals surface area contributed by atoms with Crippen LogP contribution in [0.15, 0.2) is 0 Å². The minimum Gasteiger partial charge on any atom is -0.377 e. The van der Waals surface area contributed by atoms with Gasteiger partial charge < -0.3 is 15.4 Å². The molecule has 4 heteroatoms. The zero-order valence-electron chi connectivity index (χ0n) is 9.03. The molecule has 1 heterocycles. The van der Waals surface area contributed by atoms with E-state index >= 15 is 0 Å². The first-order valence-corrected chi connectivity index (χ1v) is 5.31. The van der Waals surface area contributed by atoms with Crippen molar-refractivity contribution in [3.63, 3.8) is 0 Å². The predicted octanol–water partition coefficient (Wildman–Crippen LogP) is 0.361. The Hall–Kier alpha value is -0.610. The second-order valence-corrected chi connectivity index (χ2v) is 3.83. The molecule has 0 saturated carbocycles. The van der Waals surface area contributed by atoms with Gasteiger partial charge in [0.1, 0.15) is 0 Å². The van der Waals surface area contributed by atoms with Crippen molar-refractivity contribution < 1.29 is 9.53 Å². The second kappa shape index (κ2) is 5.32. The molecule has 1 aliphatic rings. The topological polar surface area (TPSA) is 55.6 Å². The summed E-state index contributed by atoms with van der Waals surface area (Å²) in [5.74, 6) is 0.0600. The van der Waals surface area contributed by atoms with E-state index in [1.807, 2.05) is 18.7 Å². The Morgan fingerprint density at radius 3 is 3.07 bits per heavy atom. The van der Waals surface area contributed by atoms with Gasteiger partial charge in [-0.15, -0.1) is 0 Å². The Morgan fingerprint density at radius 2 is 2.43 bits per heavy atom. The number of amides is 1. The lowest BCUT2D eigenvalue weighted by molar-refractivity contribution is -0.133. The van der Waals surface area contributed by atoms with Crippen LogP contribution in [0.5, 0.6) is 0 Å². The normalized spacial score (nSPS) is 25.6. The maximum Gasteiger partial charge on any atom is 0.239 e. The quantitative estimate of drug-likeness (QED) is 0.700. The van der Waals surface area contributed by atoms with Gasteiger partial charge in [-0.25, -0.2) is 0 Å². The SMILES string of the molecule is CC[C@@H](N)C(=O)N1CCCOC(C)C1. The van der Waals surface area contributed by atoms with Crippen LogP contribution in [0.25, 0.3) is 0 Å². The van der Waals surface area contributed by atoms with Gasteiger partial charge in [0.05, 0.1) is 12.1 Å². The van der Waals surface area contributed by atoms with Gasteiger partial charge in [0.25, 0.3) is 0 Å². The first-order chi connectivity index (χ1) is 6.65. The first kappa shape index (κ1) is 11.5. The maximum absolute atomic E-state index is 11.8. The molecule has 2 N–H and O–H groups in total. The van der Waals surface area contributed by atoms with Crippen LogP contribution in [-0.2, 0) is 9.53 Å². The van der Waals surface area contributed by atoms with Gasteiger partial charge in [0.2, 0.25) is 5.91 Å². The highest BCUT2D eigenvalue weighted by Gasteiger charge is 2.23. The van der Waals surface area contributed by atoms with Crippen LogP contribution in [0.4, 0.5) is 0 Å². The lowest BCUT2D eigenvalue weighted by Crippen LogP contribution is -2.45. The molecule has 2 atom stereocenters. The van der Waals surface area contributed by atoms with Crippen molar-refractivity contribution in [3.05, 3.63) is 0 Å². The fourth-order valence-corrected chi connectivity index (χ4v) is 1.60. The van der Waals surface area contributed by atoms with Crippen LogP contribution in [-0.4, -0.2) is 42.6 Å². The molecule has 4 nitrogen and oxygen atoms in total. The van der Waals surface area contributed by atoms with Crippen LogP contribution in [0.1, 0.15) is 26.7 Å². The zero-order chi connectivity index (χ0) is 10.6. The minimum atomic E-state index is -0.347. The minimum absolute atomic E-state index is 0.0600. The monoisotopic (exact) mass is 200 g/mol. The molecule has 0 aromatic carbocycles.